The zero-order valence-corrected chi connectivity index (χ0v) is 27.5. The molecule has 0 radical (unpaired) electrons. The number of amides is 2. The highest BCUT2D eigenvalue weighted by atomic mass is 16.8. The summed E-state index contributed by atoms with van der Waals surface area (Å²) in [5, 5.41) is 90.4. The summed E-state index contributed by atoms with van der Waals surface area (Å²) in [5.74, 6) is -1.16. The lowest BCUT2D eigenvalue weighted by Crippen LogP contribution is -2.68. The van der Waals surface area contributed by atoms with Crippen molar-refractivity contribution in [3.63, 3.8) is 0 Å². The molecular formula is C30H46N4O16. The summed E-state index contributed by atoms with van der Waals surface area (Å²) in [7, 11) is 0. The Bertz CT molecular complexity index is 1450. The van der Waals surface area contributed by atoms with E-state index in [0.717, 1.165) is 23.8 Å². The van der Waals surface area contributed by atoms with Crippen molar-refractivity contribution in [3.8, 4) is 0 Å². The van der Waals surface area contributed by atoms with Crippen molar-refractivity contribution in [2.75, 3.05) is 6.61 Å². The summed E-state index contributed by atoms with van der Waals surface area (Å²) < 4.78 is 23.8. The fourth-order valence-corrected chi connectivity index (χ4v) is 6.01. The molecule has 3 aliphatic rings. The molecule has 15 atom stereocenters. The smallest absolute Gasteiger partial charge is 0.330 e. The van der Waals surface area contributed by atoms with Crippen LogP contribution in [0.5, 0.6) is 0 Å². The van der Waals surface area contributed by atoms with Gasteiger partial charge in [-0.05, 0) is 18.4 Å². The number of carbonyl (C=O) groups excluding carboxylic acids is 2. The van der Waals surface area contributed by atoms with Crippen LogP contribution in [0.25, 0.3) is 0 Å². The minimum atomic E-state index is -1.85. The first-order valence-electron chi connectivity index (χ1n) is 16.1. The maximum absolute atomic E-state index is 12.8. The first kappa shape index (κ1) is 39.7. The fraction of sp³-hybridized carbons (Fsp3) is 0.733. The number of H-pyrrole nitrogens is 1. The SMILES string of the molecule is CC(=O)N[C@@H]1[C@H](O[C@H]2O[C@@H](C[C@H](O)[C@@H]3O[C@H](n4ccc(=O)[nH]c4=O)[C@@H](O)[C@H]3O)[C@@H](O)[C@@H](O)[C@@H]2NC(=O)/C=C/CC(C)C)O[C@@H](CO)[C@H](O)[C@H]1O. The minimum Gasteiger partial charge on any atom is -0.394 e. The molecule has 11 N–H and O–H groups in total. The number of aliphatic hydroxyl groups excluding tert-OH is 8. The average Bonchev–Trinajstić information content (AvgIpc) is 3.34. The van der Waals surface area contributed by atoms with Crippen molar-refractivity contribution >= 4 is 11.8 Å². The number of rotatable bonds is 12. The van der Waals surface area contributed by atoms with Crippen LogP contribution >= 0.6 is 0 Å². The molecule has 0 saturated carbocycles. The van der Waals surface area contributed by atoms with Gasteiger partial charge in [0.05, 0.1) is 18.8 Å². The van der Waals surface area contributed by atoms with E-state index in [1.54, 1.807) is 6.08 Å². The maximum atomic E-state index is 12.8. The molecule has 4 rings (SSSR count). The van der Waals surface area contributed by atoms with Crippen molar-refractivity contribution in [3.05, 3.63) is 45.3 Å². The van der Waals surface area contributed by atoms with Crippen molar-refractivity contribution in [2.24, 2.45) is 5.92 Å². The lowest BCUT2D eigenvalue weighted by Gasteiger charge is -2.47. The van der Waals surface area contributed by atoms with Crippen molar-refractivity contribution in [1.82, 2.24) is 20.2 Å². The molecule has 2 amide bonds. The number of aliphatic hydroxyl groups is 8. The third-order valence-electron chi connectivity index (χ3n) is 8.66. The zero-order valence-electron chi connectivity index (χ0n) is 27.5. The van der Waals surface area contributed by atoms with Gasteiger partial charge in [-0.2, -0.15) is 0 Å². The third-order valence-corrected chi connectivity index (χ3v) is 8.66. The van der Waals surface area contributed by atoms with Crippen molar-refractivity contribution in [2.45, 2.75) is 126 Å². The molecule has 0 bridgehead atoms. The van der Waals surface area contributed by atoms with E-state index in [0.29, 0.717) is 6.42 Å². The van der Waals surface area contributed by atoms with Crippen LogP contribution in [-0.4, -0.2) is 155 Å². The Kier molecular flexibility index (Phi) is 13.4. The number of carbonyl (C=O) groups is 2. The van der Waals surface area contributed by atoms with E-state index in [-0.39, 0.29) is 5.92 Å². The zero-order chi connectivity index (χ0) is 37.0. The summed E-state index contributed by atoms with van der Waals surface area (Å²) in [6.45, 7) is 4.19. The molecule has 1 aromatic heterocycles. The molecule has 3 saturated heterocycles. The fourth-order valence-electron chi connectivity index (χ4n) is 6.01. The van der Waals surface area contributed by atoms with Gasteiger partial charge in [0, 0.05) is 25.6 Å². The van der Waals surface area contributed by atoms with Crippen molar-refractivity contribution < 1.29 is 69.4 Å². The molecule has 0 aromatic carbocycles. The highest BCUT2D eigenvalue weighted by molar-refractivity contribution is 5.87. The van der Waals surface area contributed by atoms with Gasteiger partial charge in [-0.1, -0.05) is 19.9 Å². The van der Waals surface area contributed by atoms with Gasteiger partial charge in [-0.15, -0.1) is 0 Å². The van der Waals surface area contributed by atoms with Gasteiger partial charge < -0.3 is 70.4 Å². The summed E-state index contributed by atoms with van der Waals surface area (Å²) in [4.78, 5) is 50.5. The topological polar surface area (TPSA) is 312 Å². The Morgan fingerprint density at radius 1 is 0.920 bits per heavy atom. The van der Waals surface area contributed by atoms with Gasteiger partial charge in [-0.25, -0.2) is 4.79 Å². The van der Waals surface area contributed by atoms with Crippen LogP contribution < -0.4 is 21.9 Å². The number of aromatic amines is 1. The van der Waals surface area contributed by atoms with E-state index in [4.69, 9.17) is 18.9 Å². The number of nitrogens with zero attached hydrogens (tertiary/aromatic N) is 1. The molecule has 0 spiro atoms. The van der Waals surface area contributed by atoms with Gasteiger partial charge in [0.15, 0.2) is 18.8 Å². The molecule has 20 nitrogen and oxygen atoms in total. The number of allylic oxidation sites excluding steroid dienone is 1. The molecule has 0 unspecified atom stereocenters. The predicted octanol–water partition coefficient (Wildman–Crippen LogP) is -5.60. The lowest BCUT2D eigenvalue weighted by molar-refractivity contribution is -0.346. The molecular weight excluding hydrogens is 672 g/mol. The highest BCUT2D eigenvalue weighted by Crippen LogP contribution is 2.34. The van der Waals surface area contributed by atoms with Crippen LogP contribution in [0.4, 0.5) is 0 Å². The predicted molar refractivity (Wildman–Crippen MR) is 166 cm³/mol. The largest absolute Gasteiger partial charge is 0.394 e. The number of nitrogens with one attached hydrogen (secondary N) is 3. The second-order valence-electron chi connectivity index (χ2n) is 13.0. The number of aromatic nitrogens is 2. The second-order valence-corrected chi connectivity index (χ2v) is 13.0. The highest BCUT2D eigenvalue weighted by Gasteiger charge is 2.53. The summed E-state index contributed by atoms with van der Waals surface area (Å²) in [5.41, 5.74) is -1.69. The van der Waals surface area contributed by atoms with E-state index in [2.05, 4.69) is 10.6 Å². The van der Waals surface area contributed by atoms with Gasteiger partial charge in [0.2, 0.25) is 11.8 Å². The van der Waals surface area contributed by atoms with Crippen LogP contribution in [0.1, 0.15) is 39.8 Å². The minimum absolute atomic E-state index is 0.222. The molecule has 20 heteroatoms. The Labute approximate surface area is 284 Å². The lowest BCUT2D eigenvalue weighted by atomic mass is 9.91. The Morgan fingerprint density at radius 3 is 2.10 bits per heavy atom. The summed E-state index contributed by atoms with van der Waals surface area (Å²) in [6, 6.07) is -2.02. The van der Waals surface area contributed by atoms with Gasteiger partial charge in [0.25, 0.3) is 5.56 Å². The Balaban J connectivity index is 1.58. The molecule has 282 valence electrons. The summed E-state index contributed by atoms with van der Waals surface area (Å²) >= 11 is 0. The summed E-state index contributed by atoms with van der Waals surface area (Å²) in [6.07, 6.45) is -18.1. The van der Waals surface area contributed by atoms with E-state index >= 15 is 0 Å². The van der Waals surface area contributed by atoms with Gasteiger partial charge >= 0.3 is 5.69 Å². The number of ether oxygens (including phenoxy) is 4. The normalized spacial score (nSPS) is 38.3. The first-order valence-corrected chi connectivity index (χ1v) is 16.1. The Morgan fingerprint density at radius 2 is 1.52 bits per heavy atom. The van der Waals surface area contributed by atoms with E-state index in [1.807, 2.05) is 18.8 Å². The average molecular weight is 719 g/mol. The first-order chi connectivity index (χ1) is 23.5. The Hall–Kier alpha value is -3.12. The van der Waals surface area contributed by atoms with Crippen LogP contribution in [0.3, 0.4) is 0 Å². The third kappa shape index (κ3) is 9.02. The van der Waals surface area contributed by atoms with E-state index < -0.39 is 128 Å². The van der Waals surface area contributed by atoms with Gasteiger partial charge in [0.1, 0.15) is 60.9 Å². The number of hydrogen-bond acceptors (Lipinski definition) is 16. The molecule has 4 heterocycles. The van der Waals surface area contributed by atoms with Crippen LogP contribution in [0.15, 0.2) is 34.0 Å². The van der Waals surface area contributed by atoms with E-state index in [1.165, 1.54) is 6.08 Å². The molecule has 0 aliphatic carbocycles. The number of hydrogen-bond donors (Lipinski definition) is 11. The van der Waals surface area contributed by atoms with Crippen molar-refractivity contribution in [1.29, 1.82) is 0 Å². The van der Waals surface area contributed by atoms with E-state index in [9.17, 15) is 60.0 Å². The maximum Gasteiger partial charge on any atom is 0.330 e. The molecule has 1 aromatic rings. The molecule has 3 fully saturated rings. The molecule has 50 heavy (non-hydrogen) atoms. The molecule has 3 aliphatic heterocycles. The van der Waals surface area contributed by atoms with Crippen LogP contribution in [-0.2, 0) is 28.5 Å². The monoisotopic (exact) mass is 718 g/mol. The second kappa shape index (κ2) is 16.9. The van der Waals surface area contributed by atoms with Gasteiger partial charge in [-0.3, -0.25) is 23.9 Å². The van der Waals surface area contributed by atoms with Crippen LogP contribution in [0, 0.1) is 5.92 Å². The van der Waals surface area contributed by atoms with Crippen LogP contribution in [0.2, 0.25) is 0 Å². The standard InChI is InChI=1S/C30H46N4O16/c1-11(2)5-4-6-16(38)32-19-23(43)20(40)14(47-29(19)50-28-18(31-12(3)36)22(42)21(41)15(10-35)48-28)9-13(37)26-24(44)25(45)27(49-26)34-8-7-17(39)33-30(34)46/h4,6-8,11,13-15,18-29,35,37,40-45H,5,9-10H2,1-3H3,(H,31,36)(H,32,38)(H,33,39,46)/b6-4+/t13-,14-,15-,18-,19-,20+,21-,22-,23-,24+,25-,26-,27-,28-,29+/m0/s1. The quantitative estimate of drug-likeness (QED) is 0.0898.